The molecule has 0 heterocycles. The van der Waals surface area contributed by atoms with Gasteiger partial charge in [0.1, 0.15) is 0 Å². The van der Waals surface area contributed by atoms with Crippen molar-refractivity contribution in [3.63, 3.8) is 0 Å². The van der Waals surface area contributed by atoms with E-state index in [-0.39, 0.29) is 0 Å². The van der Waals surface area contributed by atoms with Crippen LogP contribution in [0, 0.1) is 0 Å². The van der Waals surface area contributed by atoms with Gasteiger partial charge >= 0.3 is 0 Å². The van der Waals surface area contributed by atoms with E-state index >= 15 is 0 Å². The third-order valence-corrected chi connectivity index (χ3v) is 2.68. The predicted molar refractivity (Wildman–Crippen MR) is 51.2 cm³/mol. The molecule has 0 bridgehead atoms. The quantitative estimate of drug-likeness (QED) is 0.706. The summed E-state index contributed by atoms with van der Waals surface area (Å²) in [5, 5.41) is 0. The van der Waals surface area contributed by atoms with Crippen molar-refractivity contribution in [1.82, 2.24) is 0 Å². The highest BCUT2D eigenvalue weighted by Gasteiger charge is 2.35. The van der Waals surface area contributed by atoms with Gasteiger partial charge in [0.05, 0.1) is 0 Å². The molecule has 1 aromatic rings. The Morgan fingerprint density at radius 1 is 1.42 bits per heavy atom. The Morgan fingerprint density at radius 3 is 2.67 bits per heavy atom. The molecule has 1 heteroatoms. The minimum absolute atomic E-state index is 0.428. The van der Waals surface area contributed by atoms with E-state index in [2.05, 4.69) is 31.2 Å². The second-order valence-corrected chi connectivity index (χ2v) is 3.56. The maximum atomic E-state index is 5.82. The number of nitrogens with two attached hydrogens (primary N) is 1. The molecule has 1 fully saturated rings. The first-order valence-electron chi connectivity index (χ1n) is 4.66. The zero-order valence-corrected chi connectivity index (χ0v) is 7.46. The molecule has 0 radical (unpaired) electrons. The van der Waals surface area contributed by atoms with Gasteiger partial charge in [0.15, 0.2) is 0 Å². The molecule has 12 heavy (non-hydrogen) atoms. The van der Waals surface area contributed by atoms with Gasteiger partial charge in [-0.15, -0.1) is 0 Å². The topological polar surface area (TPSA) is 26.0 Å². The van der Waals surface area contributed by atoms with Crippen LogP contribution < -0.4 is 5.73 Å². The molecule has 1 aliphatic carbocycles. The van der Waals surface area contributed by atoms with Crippen LogP contribution in [0.15, 0.2) is 24.3 Å². The van der Waals surface area contributed by atoms with E-state index < -0.39 is 0 Å². The molecule has 0 saturated heterocycles. The first-order valence-corrected chi connectivity index (χ1v) is 4.66. The fourth-order valence-electron chi connectivity index (χ4n) is 1.79. The summed E-state index contributed by atoms with van der Waals surface area (Å²) in [7, 11) is 0. The summed E-state index contributed by atoms with van der Waals surface area (Å²) in [4.78, 5) is 0. The van der Waals surface area contributed by atoms with Crippen molar-refractivity contribution in [2.75, 3.05) is 0 Å². The monoisotopic (exact) mass is 161 g/mol. The van der Waals surface area contributed by atoms with Crippen molar-refractivity contribution in [2.45, 2.75) is 31.7 Å². The molecule has 0 spiro atoms. The number of aryl methyl sites for hydroxylation is 1. The molecule has 1 aromatic carbocycles. The highest BCUT2D eigenvalue weighted by molar-refractivity contribution is 5.35. The summed E-state index contributed by atoms with van der Waals surface area (Å²) >= 11 is 0. The zero-order chi connectivity index (χ0) is 8.55. The van der Waals surface area contributed by atoms with Crippen molar-refractivity contribution in [1.29, 1.82) is 0 Å². The summed E-state index contributed by atoms with van der Waals surface area (Å²) in [6, 6.07) is 9.07. The van der Waals surface area contributed by atoms with E-state index in [1.165, 1.54) is 17.5 Å². The average molecular weight is 161 g/mol. The lowest BCUT2D eigenvalue weighted by Gasteiger charge is -2.05. The second-order valence-electron chi connectivity index (χ2n) is 3.56. The fraction of sp³-hybridized carbons (Fsp3) is 0.455. The highest BCUT2D eigenvalue weighted by Crippen LogP contribution is 2.40. The lowest BCUT2D eigenvalue weighted by molar-refractivity contribution is 0.960. The van der Waals surface area contributed by atoms with Crippen LogP contribution in [-0.4, -0.2) is 6.04 Å². The molecular weight excluding hydrogens is 146 g/mol. The van der Waals surface area contributed by atoms with Crippen LogP contribution in [0.5, 0.6) is 0 Å². The van der Waals surface area contributed by atoms with E-state index in [4.69, 9.17) is 5.73 Å². The van der Waals surface area contributed by atoms with Crippen molar-refractivity contribution < 1.29 is 0 Å². The minimum Gasteiger partial charge on any atom is -0.327 e. The molecule has 0 unspecified atom stereocenters. The van der Waals surface area contributed by atoms with Crippen molar-refractivity contribution in [2.24, 2.45) is 5.73 Å². The third-order valence-electron chi connectivity index (χ3n) is 2.68. The SMILES string of the molecule is CCc1ccccc1[C@@H]1C[C@H]1N. The standard InChI is InChI=1S/C11H15N/c1-2-8-5-3-4-6-9(8)10-7-11(10)12/h3-6,10-11H,2,7,12H2,1H3/t10-,11+/m0/s1. The molecule has 1 aliphatic rings. The Morgan fingerprint density at radius 2 is 2.08 bits per heavy atom. The summed E-state index contributed by atoms with van der Waals surface area (Å²) in [5.74, 6) is 0.654. The van der Waals surface area contributed by atoms with Gasteiger partial charge in [0, 0.05) is 12.0 Å². The molecule has 0 aromatic heterocycles. The Hall–Kier alpha value is -0.820. The van der Waals surface area contributed by atoms with Gasteiger partial charge < -0.3 is 5.73 Å². The zero-order valence-electron chi connectivity index (χ0n) is 7.46. The molecule has 0 amide bonds. The van der Waals surface area contributed by atoms with Crippen LogP contribution in [0.25, 0.3) is 0 Å². The van der Waals surface area contributed by atoms with Crippen LogP contribution in [0.1, 0.15) is 30.4 Å². The lowest BCUT2D eigenvalue weighted by atomic mass is 10.0. The molecule has 64 valence electrons. The molecule has 2 N–H and O–H groups in total. The number of benzene rings is 1. The van der Waals surface area contributed by atoms with Gasteiger partial charge in [0.25, 0.3) is 0 Å². The van der Waals surface area contributed by atoms with Gasteiger partial charge in [-0.3, -0.25) is 0 Å². The van der Waals surface area contributed by atoms with Gasteiger partial charge in [-0.25, -0.2) is 0 Å². The minimum atomic E-state index is 0.428. The molecule has 0 aliphatic heterocycles. The van der Waals surface area contributed by atoms with Crippen LogP contribution in [0.3, 0.4) is 0 Å². The van der Waals surface area contributed by atoms with Gasteiger partial charge in [0.2, 0.25) is 0 Å². The maximum absolute atomic E-state index is 5.82. The molecule has 1 saturated carbocycles. The van der Waals surface area contributed by atoms with Crippen molar-refractivity contribution in [3.05, 3.63) is 35.4 Å². The summed E-state index contributed by atoms with van der Waals surface area (Å²) in [6.07, 6.45) is 2.30. The molecule has 2 atom stereocenters. The molecule has 1 nitrogen and oxygen atoms in total. The Labute approximate surface area is 73.6 Å². The predicted octanol–water partition coefficient (Wildman–Crippen LogP) is 2.06. The fourth-order valence-corrected chi connectivity index (χ4v) is 1.79. The van der Waals surface area contributed by atoms with Gasteiger partial charge in [-0.1, -0.05) is 31.2 Å². The van der Waals surface area contributed by atoms with Crippen LogP contribution in [-0.2, 0) is 6.42 Å². The summed E-state index contributed by atoms with van der Waals surface area (Å²) in [6.45, 7) is 2.20. The van der Waals surface area contributed by atoms with Crippen LogP contribution in [0.2, 0.25) is 0 Å². The summed E-state index contributed by atoms with van der Waals surface area (Å²) in [5.41, 5.74) is 8.77. The molecule has 2 rings (SSSR count). The first kappa shape index (κ1) is 7.81. The van der Waals surface area contributed by atoms with Crippen molar-refractivity contribution in [3.8, 4) is 0 Å². The Kier molecular flexibility index (Phi) is 1.89. The summed E-state index contributed by atoms with van der Waals surface area (Å²) < 4.78 is 0. The van der Waals surface area contributed by atoms with E-state index in [0.717, 1.165) is 6.42 Å². The van der Waals surface area contributed by atoms with E-state index in [1.54, 1.807) is 0 Å². The normalized spacial score (nSPS) is 27.2. The third kappa shape index (κ3) is 1.25. The number of hydrogen-bond acceptors (Lipinski definition) is 1. The largest absolute Gasteiger partial charge is 0.327 e. The lowest BCUT2D eigenvalue weighted by Crippen LogP contribution is -2.02. The molecular formula is C11H15N. The Bertz CT molecular complexity index is 280. The highest BCUT2D eigenvalue weighted by atomic mass is 14.7. The van der Waals surface area contributed by atoms with Gasteiger partial charge in [-0.2, -0.15) is 0 Å². The van der Waals surface area contributed by atoms with E-state index in [0.29, 0.717) is 12.0 Å². The smallest absolute Gasteiger partial charge is 0.0115 e. The van der Waals surface area contributed by atoms with E-state index in [9.17, 15) is 0 Å². The second kappa shape index (κ2) is 2.91. The van der Waals surface area contributed by atoms with Gasteiger partial charge in [-0.05, 0) is 24.0 Å². The first-order chi connectivity index (χ1) is 5.83. The number of hydrogen-bond donors (Lipinski definition) is 1. The van der Waals surface area contributed by atoms with Crippen molar-refractivity contribution >= 4 is 0 Å². The number of rotatable bonds is 2. The van der Waals surface area contributed by atoms with Crippen LogP contribution in [0.4, 0.5) is 0 Å². The van der Waals surface area contributed by atoms with Crippen LogP contribution >= 0.6 is 0 Å². The van der Waals surface area contributed by atoms with E-state index in [1.807, 2.05) is 0 Å². The average Bonchev–Trinajstić information content (AvgIpc) is 2.83. The Balaban J connectivity index is 2.29. The maximum Gasteiger partial charge on any atom is 0.0115 e.